The summed E-state index contributed by atoms with van der Waals surface area (Å²) in [4.78, 5) is 13.3. The van der Waals surface area contributed by atoms with Gasteiger partial charge in [-0.1, -0.05) is 46.3 Å². The molecule has 1 aromatic heterocycles. The molecule has 0 unspecified atom stereocenters. The maximum absolute atomic E-state index is 12.3. The zero-order valence-corrected chi connectivity index (χ0v) is 15.6. The molecular formula is C19H15BrN2O2S. The molecule has 0 aliphatic carbocycles. The smallest absolute Gasteiger partial charge is 0.275 e. The number of hydrogen-bond acceptors (Lipinski definition) is 4. The van der Waals surface area contributed by atoms with E-state index in [4.69, 9.17) is 4.74 Å². The van der Waals surface area contributed by atoms with Gasteiger partial charge in [0.2, 0.25) is 0 Å². The Balaban J connectivity index is 1.65. The molecule has 3 aromatic rings. The van der Waals surface area contributed by atoms with Crippen molar-refractivity contribution in [2.75, 3.05) is 0 Å². The maximum Gasteiger partial charge on any atom is 0.275 e. The summed E-state index contributed by atoms with van der Waals surface area (Å²) in [5.41, 5.74) is 4.00. The molecule has 0 atom stereocenters. The van der Waals surface area contributed by atoms with Crippen molar-refractivity contribution in [3.8, 4) is 5.75 Å². The van der Waals surface area contributed by atoms with Crippen LogP contribution in [0.3, 0.4) is 0 Å². The fourth-order valence-corrected chi connectivity index (χ4v) is 2.95. The fourth-order valence-electron chi connectivity index (χ4n) is 2.10. The number of ether oxygens (including phenoxy) is 1. The highest BCUT2D eigenvalue weighted by Gasteiger charge is 2.11. The van der Waals surface area contributed by atoms with E-state index in [-0.39, 0.29) is 5.91 Å². The molecule has 1 amide bonds. The Kier molecular flexibility index (Phi) is 5.98. The highest BCUT2D eigenvalue weighted by molar-refractivity contribution is 9.10. The predicted molar refractivity (Wildman–Crippen MR) is 104 cm³/mol. The molecular weight excluding hydrogens is 400 g/mol. The van der Waals surface area contributed by atoms with Gasteiger partial charge in [0, 0.05) is 9.35 Å². The minimum absolute atomic E-state index is 0.306. The summed E-state index contributed by atoms with van der Waals surface area (Å²) in [6.07, 6.45) is 1.62. The first-order valence-electron chi connectivity index (χ1n) is 7.55. The number of para-hydroxylation sites is 1. The zero-order valence-electron chi connectivity index (χ0n) is 13.2. The number of hydrazone groups is 1. The van der Waals surface area contributed by atoms with Crippen molar-refractivity contribution in [3.05, 3.63) is 86.5 Å². The summed E-state index contributed by atoms with van der Waals surface area (Å²) >= 11 is 4.96. The predicted octanol–water partition coefficient (Wildman–Crippen LogP) is 4.85. The first-order valence-corrected chi connectivity index (χ1v) is 9.23. The first-order chi connectivity index (χ1) is 12.2. The number of amides is 1. The third-order valence-corrected chi connectivity index (χ3v) is 4.68. The average Bonchev–Trinajstić information content (AvgIpc) is 3.15. The van der Waals surface area contributed by atoms with Crippen LogP contribution in [-0.2, 0) is 6.61 Å². The van der Waals surface area contributed by atoms with Crippen LogP contribution >= 0.6 is 27.3 Å². The van der Waals surface area contributed by atoms with Crippen molar-refractivity contribution < 1.29 is 9.53 Å². The van der Waals surface area contributed by atoms with E-state index in [1.54, 1.807) is 35.8 Å². The molecule has 1 N–H and O–H groups in total. The van der Waals surface area contributed by atoms with Gasteiger partial charge in [-0.2, -0.15) is 5.10 Å². The number of carbonyl (C=O) groups is 1. The first kappa shape index (κ1) is 17.4. The second-order valence-corrected chi connectivity index (χ2v) is 7.02. The number of thiophene rings is 1. The lowest BCUT2D eigenvalue weighted by molar-refractivity contribution is 0.0950. The van der Waals surface area contributed by atoms with Gasteiger partial charge in [0.05, 0.1) is 11.8 Å². The van der Waals surface area contributed by atoms with Crippen molar-refractivity contribution >= 4 is 39.4 Å². The summed E-state index contributed by atoms with van der Waals surface area (Å²) < 4.78 is 6.82. The van der Waals surface area contributed by atoms with Crippen LogP contribution in [0.15, 0.2) is 75.6 Å². The SMILES string of the molecule is O=C(N/N=C/c1cccs1)c1ccccc1OCc1ccc(Br)cc1. The van der Waals surface area contributed by atoms with Gasteiger partial charge in [-0.05, 0) is 41.3 Å². The van der Waals surface area contributed by atoms with Crippen molar-refractivity contribution in [1.82, 2.24) is 5.43 Å². The van der Waals surface area contributed by atoms with Crippen molar-refractivity contribution in [2.24, 2.45) is 5.10 Å². The Labute approximate surface area is 158 Å². The van der Waals surface area contributed by atoms with Gasteiger partial charge < -0.3 is 4.74 Å². The summed E-state index contributed by atoms with van der Waals surface area (Å²) in [6, 6.07) is 18.8. The molecule has 6 heteroatoms. The standard InChI is InChI=1S/C19H15BrN2O2S/c20-15-9-7-14(8-10-15)13-24-18-6-2-1-5-17(18)19(23)22-21-12-16-4-3-11-25-16/h1-12H,13H2,(H,22,23)/b21-12+. The number of carbonyl (C=O) groups excluding carboxylic acids is 1. The molecule has 0 aliphatic heterocycles. The average molecular weight is 415 g/mol. The number of benzene rings is 2. The van der Waals surface area contributed by atoms with E-state index in [0.717, 1.165) is 14.9 Å². The van der Waals surface area contributed by atoms with Gasteiger partial charge in [-0.15, -0.1) is 11.3 Å². The van der Waals surface area contributed by atoms with Gasteiger partial charge in [0.1, 0.15) is 12.4 Å². The Morgan fingerprint density at radius 3 is 2.68 bits per heavy atom. The summed E-state index contributed by atoms with van der Waals surface area (Å²) in [7, 11) is 0. The molecule has 0 spiro atoms. The van der Waals surface area contributed by atoms with Crippen molar-refractivity contribution in [2.45, 2.75) is 6.61 Å². The number of rotatable bonds is 6. The van der Waals surface area contributed by atoms with E-state index in [9.17, 15) is 4.79 Å². The van der Waals surface area contributed by atoms with Crippen LogP contribution in [0.25, 0.3) is 0 Å². The largest absolute Gasteiger partial charge is 0.488 e. The van der Waals surface area contributed by atoms with Crippen LogP contribution in [0, 0.1) is 0 Å². The molecule has 4 nitrogen and oxygen atoms in total. The van der Waals surface area contributed by atoms with Gasteiger partial charge in [-0.25, -0.2) is 5.43 Å². The number of halogens is 1. The highest BCUT2D eigenvalue weighted by atomic mass is 79.9. The molecule has 25 heavy (non-hydrogen) atoms. The van der Waals surface area contributed by atoms with Gasteiger partial charge in [0.25, 0.3) is 5.91 Å². The topological polar surface area (TPSA) is 50.7 Å². The van der Waals surface area contributed by atoms with Crippen LogP contribution < -0.4 is 10.2 Å². The molecule has 0 saturated heterocycles. The summed E-state index contributed by atoms with van der Waals surface area (Å²) in [6.45, 7) is 0.385. The molecule has 0 aliphatic rings. The lowest BCUT2D eigenvalue weighted by atomic mass is 10.2. The molecule has 3 rings (SSSR count). The summed E-state index contributed by atoms with van der Waals surface area (Å²) in [5, 5.41) is 5.94. The second-order valence-electron chi connectivity index (χ2n) is 5.13. The number of hydrogen-bond donors (Lipinski definition) is 1. The van der Waals surface area contributed by atoms with Gasteiger partial charge >= 0.3 is 0 Å². The number of nitrogens with one attached hydrogen (secondary N) is 1. The van der Waals surface area contributed by atoms with Gasteiger partial charge in [0.15, 0.2) is 0 Å². The van der Waals surface area contributed by atoms with Crippen LogP contribution in [0.4, 0.5) is 0 Å². The third-order valence-electron chi connectivity index (χ3n) is 3.34. The Morgan fingerprint density at radius 1 is 1.12 bits per heavy atom. The lowest BCUT2D eigenvalue weighted by Crippen LogP contribution is -2.18. The van der Waals surface area contributed by atoms with Crippen LogP contribution in [0.5, 0.6) is 5.75 Å². The lowest BCUT2D eigenvalue weighted by Gasteiger charge is -2.10. The molecule has 126 valence electrons. The molecule has 0 bridgehead atoms. The third kappa shape index (κ3) is 5.01. The highest BCUT2D eigenvalue weighted by Crippen LogP contribution is 2.20. The molecule has 0 fully saturated rings. The quantitative estimate of drug-likeness (QED) is 0.462. The number of nitrogens with zero attached hydrogens (tertiary/aromatic N) is 1. The molecule has 0 saturated carbocycles. The van der Waals surface area contributed by atoms with Crippen molar-refractivity contribution in [1.29, 1.82) is 0 Å². The molecule has 0 radical (unpaired) electrons. The van der Waals surface area contributed by atoms with E-state index in [1.807, 2.05) is 47.8 Å². The van der Waals surface area contributed by atoms with E-state index in [2.05, 4.69) is 26.5 Å². The minimum Gasteiger partial charge on any atom is -0.488 e. The van der Waals surface area contributed by atoms with Crippen molar-refractivity contribution in [3.63, 3.8) is 0 Å². The summed E-state index contributed by atoms with van der Waals surface area (Å²) in [5.74, 6) is 0.216. The van der Waals surface area contributed by atoms with Gasteiger partial charge in [-0.3, -0.25) is 4.79 Å². The van der Waals surface area contributed by atoms with Crippen LogP contribution in [0.1, 0.15) is 20.8 Å². The normalized spacial score (nSPS) is 10.8. The Hall–Kier alpha value is -2.44. The minimum atomic E-state index is -0.306. The Bertz CT molecular complexity index is 861. The zero-order chi connectivity index (χ0) is 17.5. The van der Waals surface area contributed by atoms with Crippen LogP contribution in [-0.4, -0.2) is 12.1 Å². The van der Waals surface area contributed by atoms with E-state index >= 15 is 0 Å². The van der Waals surface area contributed by atoms with E-state index in [0.29, 0.717) is 17.9 Å². The Morgan fingerprint density at radius 2 is 1.92 bits per heavy atom. The van der Waals surface area contributed by atoms with E-state index < -0.39 is 0 Å². The van der Waals surface area contributed by atoms with E-state index in [1.165, 1.54) is 0 Å². The maximum atomic E-state index is 12.3. The fraction of sp³-hybridized carbons (Fsp3) is 0.0526. The monoisotopic (exact) mass is 414 g/mol. The second kappa shape index (κ2) is 8.60. The molecule has 1 heterocycles. The van der Waals surface area contributed by atoms with Crippen LogP contribution in [0.2, 0.25) is 0 Å². The molecule has 2 aromatic carbocycles.